The summed E-state index contributed by atoms with van der Waals surface area (Å²) in [6, 6.07) is 26.0. The van der Waals surface area contributed by atoms with E-state index in [1.807, 2.05) is 12.1 Å². The maximum absolute atomic E-state index is 10.4. The summed E-state index contributed by atoms with van der Waals surface area (Å²) in [7, 11) is 0. The van der Waals surface area contributed by atoms with E-state index in [2.05, 4.69) is 48.5 Å². The van der Waals surface area contributed by atoms with E-state index >= 15 is 0 Å². The van der Waals surface area contributed by atoms with E-state index in [0.717, 1.165) is 6.07 Å². The molecule has 134 valence electrons. The number of hydrogen-bond acceptors (Lipinski definition) is 4. The van der Waals surface area contributed by atoms with E-state index in [9.17, 15) is 14.7 Å². The van der Waals surface area contributed by atoms with Crippen molar-refractivity contribution in [3.05, 3.63) is 96.1 Å². The van der Waals surface area contributed by atoms with Crippen LogP contribution in [0.1, 0.15) is 20.7 Å². The molecule has 0 aliphatic carbocycles. The second-order valence-corrected chi connectivity index (χ2v) is 6.21. The Bertz CT molecular complexity index is 775. The van der Waals surface area contributed by atoms with Crippen LogP contribution in [0.2, 0.25) is 0 Å². The molecule has 0 heterocycles. The zero-order chi connectivity index (χ0) is 18.1. The molecule has 0 spiro atoms. The first-order chi connectivity index (χ1) is 12.1. The maximum Gasteiger partial charge on any atom is 1.00 e. The number of carbonyl (C=O) groups excluding carboxylic acids is 1. The third kappa shape index (κ3) is 8.90. The summed E-state index contributed by atoms with van der Waals surface area (Å²) in [6.45, 7) is 0. The van der Waals surface area contributed by atoms with Gasteiger partial charge in [0.25, 0.3) is 0 Å². The van der Waals surface area contributed by atoms with Crippen LogP contribution in [-0.4, -0.2) is 22.5 Å². The van der Waals surface area contributed by atoms with Gasteiger partial charge in [-0.3, -0.25) is 0 Å². The van der Waals surface area contributed by atoms with Gasteiger partial charge in [0.05, 0.1) is 11.5 Å². The van der Waals surface area contributed by atoms with E-state index in [1.54, 1.807) is 0 Å². The quantitative estimate of drug-likeness (QED) is 0.366. The SMILES string of the molecule is O=C([O-])c1cccc(C(=O)O)c1.[Na+].[OH-].c1ccc([SH+]c2ccccc2)cc1. The van der Waals surface area contributed by atoms with Crippen molar-refractivity contribution in [3.63, 3.8) is 0 Å². The summed E-state index contributed by atoms with van der Waals surface area (Å²) >= 11 is 1.28. The molecule has 0 atom stereocenters. The summed E-state index contributed by atoms with van der Waals surface area (Å²) in [4.78, 5) is 23.3. The average molecular weight is 392 g/mol. The van der Waals surface area contributed by atoms with Gasteiger partial charge in [-0.1, -0.05) is 48.5 Å². The second-order valence-electron chi connectivity index (χ2n) is 4.96. The normalized spacial score (nSPS) is 8.89. The van der Waals surface area contributed by atoms with Crippen LogP contribution in [0.5, 0.6) is 0 Å². The molecule has 0 aliphatic rings. The van der Waals surface area contributed by atoms with Crippen molar-refractivity contribution in [1.82, 2.24) is 0 Å². The zero-order valence-corrected chi connectivity index (χ0v) is 17.5. The maximum atomic E-state index is 10.4. The first kappa shape index (κ1) is 24.9. The number of hydrogen-bond donors (Lipinski definition) is 1. The van der Waals surface area contributed by atoms with Crippen LogP contribution in [0.4, 0.5) is 0 Å². The fourth-order valence-electron chi connectivity index (χ4n) is 1.93. The van der Waals surface area contributed by atoms with Gasteiger partial charge in [0, 0.05) is 11.8 Å². The molecule has 0 radical (unpaired) electrons. The minimum Gasteiger partial charge on any atom is -0.870 e. The number of aromatic carboxylic acids is 2. The molecular formula is C20H17NaO5S. The van der Waals surface area contributed by atoms with Gasteiger partial charge in [-0.25, -0.2) is 4.79 Å². The predicted octanol–water partition coefficient (Wildman–Crippen LogP) is -0.505. The molecule has 0 saturated carbocycles. The van der Waals surface area contributed by atoms with Gasteiger partial charge in [0.2, 0.25) is 0 Å². The molecule has 0 amide bonds. The summed E-state index contributed by atoms with van der Waals surface area (Å²) in [5.41, 5.74) is -0.188. The molecule has 3 aromatic rings. The molecule has 3 rings (SSSR count). The van der Waals surface area contributed by atoms with E-state index in [-0.39, 0.29) is 46.2 Å². The minimum atomic E-state index is -1.38. The number of benzene rings is 3. The molecule has 0 fully saturated rings. The van der Waals surface area contributed by atoms with E-state index in [4.69, 9.17) is 5.11 Å². The molecule has 0 saturated heterocycles. The van der Waals surface area contributed by atoms with E-state index < -0.39 is 11.9 Å². The molecule has 0 aliphatic heterocycles. The Morgan fingerprint density at radius 1 is 0.741 bits per heavy atom. The van der Waals surface area contributed by atoms with Crippen molar-refractivity contribution in [2.24, 2.45) is 0 Å². The van der Waals surface area contributed by atoms with Crippen molar-refractivity contribution in [1.29, 1.82) is 0 Å². The number of carbonyl (C=O) groups is 2. The Hall–Kier alpha value is -2.09. The molecule has 0 aromatic heterocycles. The summed E-state index contributed by atoms with van der Waals surface area (Å²) in [6.07, 6.45) is 0. The Morgan fingerprint density at radius 3 is 1.59 bits per heavy atom. The number of rotatable bonds is 4. The fraction of sp³-hybridized carbons (Fsp3) is 0. The predicted molar refractivity (Wildman–Crippen MR) is 97.8 cm³/mol. The third-order valence-corrected chi connectivity index (χ3v) is 4.23. The molecule has 2 N–H and O–H groups in total. The monoisotopic (exact) mass is 392 g/mol. The Labute approximate surface area is 183 Å². The van der Waals surface area contributed by atoms with Crippen LogP contribution in [-0.2, 0) is 11.8 Å². The van der Waals surface area contributed by atoms with E-state index in [0.29, 0.717) is 0 Å². The smallest absolute Gasteiger partial charge is 0.870 e. The van der Waals surface area contributed by atoms with E-state index in [1.165, 1.54) is 39.8 Å². The van der Waals surface area contributed by atoms with Gasteiger partial charge in [-0.05, 0) is 42.0 Å². The number of carboxylic acids is 2. The Balaban J connectivity index is 0.000000468. The van der Waals surface area contributed by atoms with Crippen LogP contribution in [0.15, 0.2) is 94.7 Å². The molecule has 3 aromatic carbocycles. The summed E-state index contributed by atoms with van der Waals surface area (Å²) < 4.78 is 0. The zero-order valence-electron chi connectivity index (χ0n) is 14.6. The molecule has 7 heteroatoms. The first-order valence-corrected chi connectivity index (χ1v) is 8.32. The van der Waals surface area contributed by atoms with Gasteiger partial charge in [0.15, 0.2) is 9.79 Å². The van der Waals surface area contributed by atoms with Crippen molar-refractivity contribution in [3.8, 4) is 0 Å². The van der Waals surface area contributed by atoms with Crippen LogP contribution < -0.4 is 34.7 Å². The van der Waals surface area contributed by atoms with Crippen LogP contribution >= 0.6 is 0 Å². The fourth-order valence-corrected chi connectivity index (χ4v) is 2.87. The molecule has 0 unspecified atom stereocenters. The topological polar surface area (TPSA) is 107 Å². The van der Waals surface area contributed by atoms with Crippen molar-refractivity contribution in [2.45, 2.75) is 9.79 Å². The average Bonchev–Trinajstić information content (AvgIpc) is 2.64. The number of carboxylic acid groups (broad SMARTS) is 2. The van der Waals surface area contributed by atoms with Gasteiger partial charge in [-0.2, -0.15) is 0 Å². The minimum absolute atomic E-state index is 0. The first-order valence-electron chi connectivity index (χ1n) is 7.43. The summed E-state index contributed by atoms with van der Waals surface area (Å²) in [5.74, 6) is -2.53. The van der Waals surface area contributed by atoms with Crippen molar-refractivity contribution in [2.75, 3.05) is 0 Å². The summed E-state index contributed by atoms with van der Waals surface area (Å²) in [5, 5.41) is 18.7. The largest absolute Gasteiger partial charge is 1.00 e. The van der Waals surface area contributed by atoms with Gasteiger partial charge >= 0.3 is 35.5 Å². The van der Waals surface area contributed by atoms with Crippen molar-refractivity contribution >= 4 is 23.7 Å². The number of thiol groups is 1. The second kappa shape index (κ2) is 13.1. The standard InChI is InChI=1S/C12H10S.C8H6O4.Na.H2O/c1-3-7-11(8-4-1)13-12-9-5-2-6-10-12;9-7(10)5-2-1-3-6(4-5)8(11)12;;/h1-10H;1-4H,(H,9,10)(H,11,12);;1H2/q;;+1;/p-1. The van der Waals surface area contributed by atoms with Crippen LogP contribution in [0, 0.1) is 0 Å². The molecular weight excluding hydrogens is 375 g/mol. The van der Waals surface area contributed by atoms with Gasteiger partial charge in [0.1, 0.15) is 0 Å². The molecule has 5 nitrogen and oxygen atoms in total. The van der Waals surface area contributed by atoms with Crippen molar-refractivity contribution < 1.29 is 54.8 Å². The molecule has 27 heavy (non-hydrogen) atoms. The van der Waals surface area contributed by atoms with Gasteiger partial charge in [-0.15, -0.1) is 0 Å². The Morgan fingerprint density at radius 2 is 1.19 bits per heavy atom. The molecule has 0 bridgehead atoms. The Kier molecular flexibility index (Phi) is 12.1. The third-order valence-electron chi connectivity index (χ3n) is 3.12. The van der Waals surface area contributed by atoms with Gasteiger partial charge < -0.3 is 20.5 Å². The van der Waals surface area contributed by atoms with Crippen LogP contribution in [0.25, 0.3) is 0 Å². The van der Waals surface area contributed by atoms with Crippen LogP contribution in [0.3, 0.4) is 0 Å².